The van der Waals surface area contributed by atoms with Gasteiger partial charge in [-0.15, -0.1) is 0 Å². The minimum absolute atomic E-state index is 0.0731. The molecule has 2 aliphatic rings. The van der Waals surface area contributed by atoms with Crippen molar-refractivity contribution in [1.82, 2.24) is 5.32 Å². The fraction of sp³-hybridized carbons (Fsp3) is 0.667. The van der Waals surface area contributed by atoms with Crippen molar-refractivity contribution in [3.63, 3.8) is 0 Å². The number of nitrogens with one attached hydrogen (secondary N) is 1. The van der Waals surface area contributed by atoms with Crippen molar-refractivity contribution in [1.29, 1.82) is 0 Å². The largest absolute Gasteiger partial charge is 0.369 e. The molecule has 1 saturated carbocycles. The molecule has 21 heavy (non-hydrogen) atoms. The van der Waals surface area contributed by atoms with E-state index in [2.05, 4.69) is 56.1 Å². The summed E-state index contributed by atoms with van der Waals surface area (Å²) in [5.74, 6) is 0. The van der Waals surface area contributed by atoms with Gasteiger partial charge >= 0.3 is 0 Å². The van der Waals surface area contributed by atoms with Gasteiger partial charge in [-0.3, -0.25) is 0 Å². The molecule has 1 atom stereocenters. The third-order valence-corrected chi connectivity index (χ3v) is 4.34. The molecule has 1 aliphatic carbocycles. The molecule has 1 aliphatic heterocycles. The van der Waals surface area contributed by atoms with Gasteiger partial charge < -0.3 is 15.0 Å². The van der Waals surface area contributed by atoms with Gasteiger partial charge in [-0.25, -0.2) is 0 Å². The summed E-state index contributed by atoms with van der Waals surface area (Å²) in [6, 6.07) is 7.65. The van der Waals surface area contributed by atoms with E-state index >= 15 is 0 Å². The second kappa shape index (κ2) is 5.62. The van der Waals surface area contributed by atoms with Crippen molar-refractivity contribution in [3.8, 4) is 0 Å². The summed E-state index contributed by atoms with van der Waals surface area (Å²) in [4.78, 5) is 2.47. The van der Waals surface area contributed by atoms with E-state index in [0.717, 1.165) is 25.7 Å². The number of anilines is 1. The smallest absolute Gasteiger partial charge is 0.0805 e. The van der Waals surface area contributed by atoms with Crippen LogP contribution in [-0.2, 0) is 11.3 Å². The Bertz CT molecular complexity index is 508. The van der Waals surface area contributed by atoms with Crippen LogP contribution in [0.2, 0.25) is 0 Å². The summed E-state index contributed by atoms with van der Waals surface area (Å²) in [6.45, 7) is 11.7. The zero-order valence-corrected chi connectivity index (χ0v) is 13.8. The van der Waals surface area contributed by atoms with Crippen LogP contribution in [0.25, 0.3) is 0 Å². The van der Waals surface area contributed by atoms with E-state index in [9.17, 15) is 0 Å². The fourth-order valence-corrected chi connectivity index (χ4v) is 3.37. The van der Waals surface area contributed by atoms with Crippen LogP contribution in [0.5, 0.6) is 0 Å². The number of hydrogen-bond donors (Lipinski definition) is 1. The van der Waals surface area contributed by atoms with Crippen molar-refractivity contribution < 1.29 is 4.74 Å². The van der Waals surface area contributed by atoms with E-state index < -0.39 is 0 Å². The first-order valence-electron chi connectivity index (χ1n) is 8.19. The van der Waals surface area contributed by atoms with Crippen LogP contribution in [-0.4, -0.2) is 30.8 Å². The molecule has 0 amide bonds. The Labute approximate surface area is 128 Å². The summed E-state index contributed by atoms with van der Waals surface area (Å²) in [6.07, 6.45) is 2.97. The molecular formula is C18H28N2O. The molecule has 3 nitrogen and oxygen atoms in total. The molecule has 3 heteroatoms. The van der Waals surface area contributed by atoms with E-state index in [4.69, 9.17) is 4.74 Å². The van der Waals surface area contributed by atoms with Gasteiger partial charge in [0.1, 0.15) is 0 Å². The van der Waals surface area contributed by atoms with Crippen molar-refractivity contribution in [2.24, 2.45) is 0 Å². The number of hydrogen-bond acceptors (Lipinski definition) is 3. The number of ether oxygens (including phenoxy) is 1. The first kappa shape index (κ1) is 14.9. The molecule has 0 bridgehead atoms. The Morgan fingerprint density at radius 2 is 2.10 bits per heavy atom. The molecule has 1 aromatic carbocycles. The average Bonchev–Trinajstić information content (AvgIpc) is 3.17. The van der Waals surface area contributed by atoms with Gasteiger partial charge in [0.2, 0.25) is 0 Å². The van der Waals surface area contributed by atoms with E-state index in [-0.39, 0.29) is 11.7 Å². The molecule has 1 heterocycles. The minimum atomic E-state index is -0.0731. The van der Waals surface area contributed by atoms with E-state index in [1.807, 2.05) is 0 Å². The van der Waals surface area contributed by atoms with Gasteiger partial charge in [0.05, 0.1) is 11.7 Å². The van der Waals surface area contributed by atoms with Crippen LogP contribution in [0.1, 0.15) is 44.7 Å². The van der Waals surface area contributed by atoms with Gasteiger partial charge in [-0.05, 0) is 57.7 Å². The van der Waals surface area contributed by atoms with E-state index in [0.29, 0.717) is 0 Å². The van der Waals surface area contributed by atoms with Crippen molar-refractivity contribution in [2.75, 3.05) is 18.0 Å². The van der Waals surface area contributed by atoms with Gasteiger partial charge in [-0.1, -0.05) is 12.1 Å². The highest BCUT2D eigenvalue weighted by Gasteiger charge is 2.31. The first-order valence-corrected chi connectivity index (χ1v) is 8.19. The Morgan fingerprint density at radius 1 is 1.33 bits per heavy atom. The third kappa shape index (κ3) is 3.78. The molecule has 0 spiro atoms. The predicted octanol–water partition coefficient (Wildman–Crippen LogP) is 3.25. The lowest BCUT2D eigenvalue weighted by Gasteiger charge is -2.43. The lowest BCUT2D eigenvalue weighted by atomic mass is 10.0. The molecule has 3 rings (SSSR count). The summed E-state index contributed by atoms with van der Waals surface area (Å²) < 4.78 is 6.01. The van der Waals surface area contributed by atoms with Crippen molar-refractivity contribution in [2.45, 2.75) is 64.8 Å². The predicted molar refractivity (Wildman–Crippen MR) is 87.9 cm³/mol. The molecule has 116 valence electrons. The van der Waals surface area contributed by atoms with Gasteiger partial charge in [0.15, 0.2) is 0 Å². The molecule has 1 aromatic rings. The van der Waals surface area contributed by atoms with Crippen LogP contribution >= 0.6 is 0 Å². The number of benzene rings is 1. The zero-order valence-electron chi connectivity index (χ0n) is 13.8. The second-order valence-electron chi connectivity index (χ2n) is 7.34. The van der Waals surface area contributed by atoms with Crippen LogP contribution in [0, 0.1) is 6.92 Å². The molecule has 1 unspecified atom stereocenters. The molecule has 0 aromatic heterocycles. The quantitative estimate of drug-likeness (QED) is 0.920. The third-order valence-electron chi connectivity index (χ3n) is 4.34. The van der Waals surface area contributed by atoms with Crippen LogP contribution in [0.15, 0.2) is 18.2 Å². The van der Waals surface area contributed by atoms with Crippen LogP contribution in [0.4, 0.5) is 5.69 Å². The highest BCUT2D eigenvalue weighted by molar-refractivity contribution is 5.55. The monoisotopic (exact) mass is 288 g/mol. The molecule has 1 N–H and O–H groups in total. The average molecular weight is 288 g/mol. The number of morpholine rings is 1. The first-order chi connectivity index (χ1) is 9.93. The maximum absolute atomic E-state index is 6.01. The van der Waals surface area contributed by atoms with Crippen molar-refractivity contribution in [3.05, 3.63) is 29.3 Å². The molecule has 0 radical (unpaired) electrons. The Hall–Kier alpha value is -1.06. The number of aryl methyl sites for hydroxylation is 1. The summed E-state index contributed by atoms with van der Waals surface area (Å²) in [7, 11) is 0. The van der Waals surface area contributed by atoms with Crippen LogP contribution in [0.3, 0.4) is 0 Å². The van der Waals surface area contributed by atoms with Crippen LogP contribution < -0.4 is 10.2 Å². The number of nitrogens with zero attached hydrogens (tertiary/aromatic N) is 1. The summed E-state index contributed by atoms with van der Waals surface area (Å²) >= 11 is 0. The lowest BCUT2D eigenvalue weighted by molar-refractivity contribution is -0.0749. The topological polar surface area (TPSA) is 24.5 Å². The normalized spacial score (nSPS) is 25.1. The van der Waals surface area contributed by atoms with E-state index in [1.54, 1.807) is 0 Å². The van der Waals surface area contributed by atoms with Gasteiger partial charge in [0, 0.05) is 31.4 Å². The van der Waals surface area contributed by atoms with Crippen molar-refractivity contribution >= 4 is 5.69 Å². The van der Waals surface area contributed by atoms with Gasteiger partial charge in [0.25, 0.3) is 0 Å². The maximum atomic E-state index is 6.01. The minimum Gasteiger partial charge on any atom is -0.369 e. The molecule has 1 saturated heterocycles. The Balaban J connectivity index is 1.72. The summed E-state index contributed by atoms with van der Waals surface area (Å²) in [5, 5.41) is 3.59. The molecule has 2 fully saturated rings. The molecular weight excluding hydrogens is 260 g/mol. The Morgan fingerprint density at radius 3 is 2.71 bits per heavy atom. The van der Waals surface area contributed by atoms with Gasteiger partial charge in [-0.2, -0.15) is 0 Å². The second-order valence-corrected chi connectivity index (χ2v) is 7.34. The fourth-order valence-electron chi connectivity index (χ4n) is 3.37. The standard InChI is InChI=1S/C18H28N2O/c1-13-9-15(10-19-16-6-7-16)5-8-17(13)20-11-14(2)21-18(3,4)12-20/h5,8-9,14,16,19H,6-7,10-12H2,1-4H3. The Kier molecular flexibility index (Phi) is 3.98. The van der Waals surface area contributed by atoms with E-state index in [1.165, 1.54) is 29.7 Å². The SMILES string of the molecule is Cc1cc(CNC2CC2)ccc1N1CC(C)OC(C)(C)C1. The summed E-state index contributed by atoms with van der Waals surface area (Å²) in [5.41, 5.74) is 4.04. The maximum Gasteiger partial charge on any atom is 0.0805 e. The zero-order chi connectivity index (χ0) is 15.0. The highest BCUT2D eigenvalue weighted by atomic mass is 16.5. The lowest BCUT2D eigenvalue weighted by Crippen LogP contribution is -2.52. The number of rotatable bonds is 4. The highest BCUT2D eigenvalue weighted by Crippen LogP contribution is 2.29.